The van der Waals surface area contributed by atoms with Crippen molar-refractivity contribution in [2.24, 2.45) is 0 Å². The molecule has 3 rings (SSSR count). The maximum atomic E-state index is 4.65. The number of hydrogen-bond acceptors (Lipinski definition) is 4. The zero-order valence-electron chi connectivity index (χ0n) is 8.82. The zero-order valence-corrected chi connectivity index (χ0v) is 8.82. The van der Waals surface area contributed by atoms with Crippen LogP contribution in [0.5, 0.6) is 0 Å². The van der Waals surface area contributed by atoms with Gasteiger partial charge in [-0.1, -0.05) is 0 Å². The third-order valence-electron chi connectivity index (χ3n) is 3.04. The molecule has 0 spiro atoms. The van der Waals surface area contributed by atoms with Crippen LogP contribution in [0.3, 0.4) is 0 Å². The highest BCUT2D eigenvalue weighted by atomic mass is 15.2. The molecule has 0 radical (unpaired) electrons. The SMILES string of the molecule is c1cc(N2CCNCC2)nc(C2CC2)n1. The molecule has 0 unspecified atom stereocenters. The lowest BCUT2D eigenvalue weighted by molar-refractivity contribution is 0.583. The Morgan fingerprint density at radius 2 is 2.07 bits per heavy atom. The van der Waals surface area contributed by atoms with Crippen LogP contribution in [0, 0.1) is 0 Å². The van der Waals surface area contributed by atoms with Crippen molar-refractivity contribution in [1.82, 2.24) is 15.3 Å². The molecule has 1 saturated carbocycles. The van der Waals surface area contributed by atoms with E-state index in [1.54, 1.807) is 0 Å². The van der Waals surface area contributed by atoms with E-state index in [0.29, 0.717) is 5.92 Å². The molecule has 15 heavy (non-hydrogen) atoms. The van der Waals surface area contributed by atoms with Crippen molar-refractivity contribution in [3.63, 3.8) is 0 Å². The third-order valence-corrected chi connectivity index (χ3v) is 3.04. The van der Waals surface area contributed by atoms with E-state index < -0.39 is 0 Å². The van der Waals surface area contributed by atoms with E-state index in [2.05, 4.69) is 20.2 Å². The van der Waals surface area contributed by atoms with Gasteiger partial charge >= 0.3 is 0 Å². The molecule has 1 aromatic heterocycles. The Bertz CT molecular complexity index is 342. The van der Waals surface area contributed by atoms with Gasteiger partial charge in [0, 0.05) is 38.3 Å². The number of anilines is 1. The van der Waals surface area contributed by atoms with Gasteiger partial charge in [0.1, 0.15) is 11.6 Å². The van der Waals surface area contributed by atoms with Gasteiger partial charge in [0.2, 0.25) is 0 Å². The molecule has 0 amide bonds. The first-order valence-electron chi connectivity index (χ1n) is 5.72. The van der Waals surface area contributed by atoms with Gasteiger partial charge in [-0.3, -0.25) is 0 Å². The van der Waals surface area contributed by atoms with Crippen molar-refractivity contribution in [3.05, 3.63) is 18.1 Å². The third kappa shape index (κ3) is 1.95. The van der Waals surface area contributed by atoms with Gasteiger partial charge in [-0.15, -0.1) is 0 Å². The summed E-state index contributed by atoms with van der Waals surface area (Å²) in [4.78, 5) is 11.3. The summed E-state index contributed by atoms with van der Waals surface area (Å²) in [5, 5.41) is 3.35. The fraction of sp³-hybridized carbons (Fsp3) is 0.636. The minimum Gasteiger partial charge on any atom is -0.354 e. The number of aromatic nitrogens is 2. The average Bonchev–Trinajstić information content (AvgIpc) is 3.14. The summed E-state index contributed by atoms with van der Waals surface area (Å²) in [6, 6.07) is 2.02. The minimum absolute atomic E-state index is 0.646. The minimum atomic E-state index is 0.646. The van der Waals surface area contributed by atoms with Crippen LogP contribution in [0.25, 0.3) is 0 Å². The van der Waals surface area contributed by atoms with Gasteiger partial charge in [-0.2, -0.15) is 0 Å². The van der Waals surface area contributed by atoms with Gasteiger partial charge < -0.3 is 10.2 Å². The van der Waals surface area contributed by atoms with Crippen molar-refractivity contribution in [3.8, 4) is 0 Å². The van der Waals surface area contributed by atoms with E-state index in [1.807, 2.05) is 12.3 Å². The van der Waals surface area contributed by atoms with Crippen LogP contribution in [-0.4, -0.2) is 36.1 Å². The van der Waals surface area contributed by atoms with Crippen LogP contribution < -0.4 is 10.2 Å². The fourth-order valence-corrected chi connectivity index (χ4v) is 1.97. The van der Waals surface area contributed by atoms with Gasteiger partial charge in [-0.25, -0.2) is 9.97 Å². The molecular weight excluding hydrogens is 188 g/mol. The quantitative estimate of drug-likeness (QED) is 0.772. The lowest BCUT2D eigenvalue weighted by atomic mass is 10.3. The summed E-state index contributed by atoms with van der Waals surface area (Å²) in [5.41, 5.74) is 0. The highest BCUT2D eigenvalue weighted by molar-refractivity contribution is 5.38. The Morgan fingerprint density at radius 3 is 2.80 bits per heavy atom. The first-order chi connectivity index (χ1) is 7.43. The van der Waals surface area contributed by atoms with Crippen molar-refractivity contribution in [1.29, 1.82) is 0 Å². The summed E-state index contributed by atoms with van der Waals surface area (Å²) in [6.45, 7) is 4.23. The topological polar surface area (TPSA) is 41.0 Å². The van der Waals surface area contributed by atoms with E-state index in [9.17, 15) is 0 Å². The molecule has 0 bridgehead atoms. The van der Waals surface area contributed by atoms with Crippen LogP contribution >= 0.6 is 0 Å². The van der Waals surface area contributed by atoms with Crippen molar-refractivity contribution in [2.45, 2.75) is 18.8 Å². The van der Waals surface area contributed by atoms with Crippen LogP contribution in [0.15, 0.2) is 12.3 Å². The second kappa shape index (κ2) is 3.77. The van der Waals surface area contributed by atoms with Gasteiger partial charge in [-0.05, 0) is 18.9 Å². The van der Waals surface area contributed by atoms with Crippen LogP contribution in [0.4, 0.5) is 5.82 Å². The first kappa shape index (κ1) is 9.09. The molecule has 4 heteroatoms. The summed E-state index contributed by atoms with van der Waals surface area (Å²) in [6.07, 6.45) is 4.44. The number of nitrogens with one attached hydrogen (secondary N) is 1. The van der Waals surface area contributed by atoms with Gasteiger partial charge in [0.25, 0.3) is 0 Å². The standard InChI is InChI=1S/C11H16N4/c1-2-9(1)11-13-4-3-10(14-11)15-7-5-12-6-8-15/h3-4,9,12H,1-2,5-8H2. The predicted molar refractivity (Wildman–Crippen MR) is 59.1 cm³/mol. The molecule has 80 valence electrons. The molecular formula is C11H16N4. The molecule has 2 heterocycles. The highest BCUT2D eigenvalue weighted by Gasteiger charge is 2.27. The Labute approximate surface area is 89.7 Å². The highest BCUT2D eigenvalue weighted by Crippen LogP contribution is 2.38. The van der Waals surface area contributed by atoms with Crippen LogP contribution in [0.1, 0.15) is 24.6 Å². The summed E-state index contributed by atoms with van der Waals surface area (Å²) in [5.74, 6) is 2.80. The zero-order chi connectivity index (χ0) is 10.1. The lowest BCUT2D eigenvalue weighted by Crippen LogP contribution is -2.44. The molecule has 0 atom stereocenters. The fourth-order valence-electron chi connectivity index (χ4n) is 1.97. The van der Waals surface area contributed by atoms with Crippen molar-refractivity contribution < 1.29 is 0 Å². The molecule has 0 aromatic carbocycles. The number of hydrogen-bond donors (Lipinski definition) is 1. The van der Waals surface area contributed by atoms with E-state index in [1.165, 1.54) is 12.8 Å². The van der Waals surface area contributed by atoms with Gasteiger partial charge in [0.05, 0.1) is 0 Å². The maximum Gasteiger partial charge on any atom is 0.133 e. The Morgan fingerprint density at radius 1 is 1.27 bits per heavy atom. The average molecular weight is 204 g/mol. The second-order valence-corrected chi connectivity index (χ2v) is 4.28. The van der Waals surface area contributed by atoms with Crippen molar-refractivity contribution in [2.75, 3.05) is 31.1 Å². The Balaban J connectivity index is 1.80. The normalized spacial score (nSPS) is 21.7. The van der Waals surface area contributed by atoms with Crippen molar-refractivity contribution >= 4 is 5.82 Å². The summed E-state index contributed by atoms with van der Waals surface area (Å²) < 4.78 is 0. The number of piperazine rings is 1. The Hall–Kier alpha value is -1.16. The van der Waals surface area contributed by atoms with E-state index >= 15 is 0 Å². The van der Waals surface area contributed by atoms with Crippen LogP contribution in [-0.2, 0) is 0 Å². The Kier molecular flexibility index (Phi) is 2.29. The molecule has 2 aliphatic rings. The molecule has 1 saturated heterocycles. The van der Waals surface area contributed by atoms with Crippen LogP contribution in [0.2, 0.25) is 0 Å². The van der Waals surface area contributed by atoms with Gasteiger partial charge in [0.15, 0.2) is 0 Å². The molecule has 4 nitrogen and oxygen atoms in total. The number of rotatable bonds is 2. The second-order valence-electron chi connectivity index (χ2n) is 4.28. The molecule has 1 aliphatic heterocycles. The van der Waals surface area contributed by atoms with E-state index in [-0.39, 0.29) is 0 Å². The monoisotopic (exact) mass is 204 g/mol. The molecule has 1 N–H and O–H groups in total. The summed E-state index contributed by atoms with van der Waals surface area (Å²) in [7, 11) is 0. The maximum absolute atomic E-state index is 4.65. The largest absolute Gasteiger partial charge is 0.354 e. The molecule has 1 aliphatic carbocycles. The molecule has 1 aromatic rings. The number of nitrogens with zero attached hydrogens (tertiary/aromatic N) is 3. The lowest BCUT2D eigenvalue weighted by Gasteiger charge is -2.28. The first-order valence-corrected chi connectivity index (χ1v) is 5.72. The van der Waals surface area contributed by atoms with E-state index in [0.717, 1.165) is 37.8 Å². The smallest absolute Gasteiger partial charge is 0.133 e. The predicted octanol–water partition coefficient (Wildman–Crippen LogP) is 0.764. The van der Waals surface area contributed by atoms with E-state index in [4.69, 9.17) is 0 Å². The summed E-state index contributed by atoms with van der Waals surface area (Å²) >= 11 is 0. The molecule has 2 fully saturated rings.